The van der Waals surface area contributed by atoms with Crippen molar-refractivity contribution in [2.75, 3.05) is 12.8 Å². The van der Waals surface area contributed by atoms with Crippen molar-refractivity contribution in [1.82, 2.24) is 4.98 Å². The van der Waals surface area contributed by atoms with Gasteiger partial charge in [0.1, 0.15) is 5.75 Å². The molecule has 1 aromatic carbocycles. The van der Waals surface area contributed by atoms with Crippen molar-refractivity contribution in [3.05, 3.63) is 30.0 Å². The second-order valence-corrected chi connectivity index (χ2v) is 3.32. The molecule has 1 heterocycles. The number of hydrogen-bond donors (Lipinski definition) is 1. The minimum absolute atomic E-state index is 0.250. The van der Waals surface area contributed by atoms with Gasteiger partial charge in [-0.05, 0) is 31.2 Å². The molecule has 0 aliphatic heterocycles. The van der Waals surface area contributed by atoms with E-state index in [4.69, 9.17) is 20.1 Å². The SMILES string of the molecule is COc1ccc2nc(C)cc(N)c2c1.O=C=O. The van der Waals surface area contributed by atoms with Gasteiger partial charge in [0.05, 0.1) is 12.6 Å². The Morgan fingerprint density at radius 3 is 2.53 bits per heavy atom. The minimum atomic E-state index is 0.250. The van der Waals surface area contributed by atoms with Gasteiger partial charge in [0.15, 0.2) is 0 Å². The number of nitrogen functional groups attached to an aromatic ring is 1. The average molecular weight is 232 g/mol. The standard InChI is InChI=1S/C11H12N2O.CO2/c1-7-5-10(12)9-6-8(14-2)3-4-11(9)13-7;2-1-3/h3-6H,1-2H3,(H2,12,13);. The molecule has 2 aromatic rings. The molecule has 5 heteroatoms. The first-order valence-corrected chi connectivity index (χ1v) is 4.82. The Labute approximate surface area is 98.2 Å². The van der Waals surface area contributed by atoms with E-state index in [9.17, 15) is 0 Å². The Kier molecular flexibility index (Phi) is 4.20. The van der Waals surface area contributed by atoms with E-state index >= 15 is 0 Å². The zero-order valence-electron chi connectivity index (χ0n) is 9.56. The number of benzene rings is 1. The highest BCUT2D eigenvalue weighted by Crippen LogP contribution is 2.24. The van der Waals surface area contributed by atoms with E-state index in [-0.39, 0.29) is 6.15 Å². The van der Waals surface area contributed by atoms with Crippen LogP contribution >= 0.6 is 0 Å². The molecule has 0 fully saturated rings. The minimum Gasteiger partial charge on any atom is -0.497 e. The molecule has 0 aliphatic carbocycles. The molecule has 0 aliphatic rings. The van der Waals surface area contributed by atoms with Gasteiger partial charge in [0, 0.05) is 16.8 Å². The fourth-order valence-electron chi connectivity index (χ4n) is 1.50. The molecule has 0 spiro atoms. The number of ether oxygens (including phenoxy) is 1. The Bertz CT molecular complexity index is 561. The van der Waals surface area contributed by atoms with Crippen LogP contribution in [0.1, 0.15) is 5.69 Å². The zero-order chi connectivity index (χ0) is 12.8. The van der Waals surface area contributed by atoms with Crippen LogP contribution in [0.25, 0.3) is 10.9 Å². The van der Waals surface area contributed by atoms with E-state index in [2.05, 4.69) is 4.98 Å². The van der Waals surface area contributed by atoms with Crippen molar-refractivity contribution in [3.8, 4) is 5.75 Å². The molecule has 1 aromatic heterocycles. The van der Waals surface area contributed by atoms with E-state index in [0.29, 0.717) is 0 Å². The summed E-state index contributed by atoms with van der Waals surface area (Å²) in [7, 11) is 1.64. The third-order valence-corrected chi connectivity index (χ3v) is 2.18. The van der Waals surface area contributed by atoms with Gasteiger partial charge in [-0.3, -0.25) is 4.98 Å². The number of nitrogens with two attached hydrogens (primary N) is 1. The first-order chi connectivity index (χ1) is 8.12. The molecule has 2 rings (SSSR count). The number of nitrogens with zero attached hydrogens (tertiary/aromatic N) is 1. The Morgan fingerprint density at radius 2 is 1.94 bits per heavy atom. The summed E-state index contributed by atoms with van der Waals surface area (Å²) in [5.74, 6) is 0.801. The summed E-state index contributed by atoms with van der Waals surface area (Å²) < 4.78 is 5.12. The van der Waals surface area contributed by atoms with Gasteiger partial charge < -0.3 is 10.5 Å². The maximum absolute atomic E-state index is 8.12. The smallest absolute Gasteiger partial charge is 0.373 e. The number of anilines is 1. The maximum atomic E-state index is 8.12. The monoisotopic (exact) mass is 232 g/mol. The molecular formula is C12H12N2O3. The molecule has 0 saturated heterocycles. The van der Waals surface area contributed by atoms with Crippen molar-refractivity contribution >= 4 is 22.7 Å². The first-order valence-electron chi connectivity index (χ1n) is 4.82. The van der Waals surface area contributed by atoms with E-state index < -0.39 is 0 Å². The maximum Gasteiger partial charge on any atom is 0.373 e. The van der Waals surface area contributed by atoms with Crippen molar-refractivity contribution in [2.24, 2.45) is 0 Å². The molecule has 0 bridgehead atoms. The number of carbonyl (C=O) groups excluding carboxylic acids is 2. The van der Waals surface area contributed by atoms with Crippen molar-refractivity contribution in [3.63, 3.8) is 0 Å². The highest BCUT2D eigenvalue weighted by molar-refractivity contribution is 5.91. The number of methoxy groups -OCH3 is 1. The number of fused-ring (bicyclic) bond motifs is 1. The predicted octanol–water partition coefficient (Wildman–Crippen LogP) is 1.55. The molecule has 0 atom stereocenters. The van der Waals surface area contributed by atoms with Crippen LogP contribution in [0.2, 0.25) is 0 Å². The van der Waals surface area contributed by atoms with Gasteiger partial charge in [0.25, 0.3) is 0 Å². The zero-order valence-corrected chi connectivity index (χ0v) is 9.56. The third-order valence-electron chi connectivity index (χ3n) is 2.18. The van der Waals surface area contributed by atoms with Crippen LogP contribution in [-0.2, 0) is 9.59 Å². The molecule has 2 N–H and O–H groups in total. The molecule has 0 unspecified atom stereocenters. The number of aryl methyl sites for hydroxylation is 1. The highest BCUT2D eigenvalue weighted by Gasteiger charge is 2.02. The summed E-state index contributed by atoms with van der Waals surface area (Å²) in [5.41, 5.74) is 8.46. The summed E-state index contributed by atoms with van der Waals surface area (Å²) in [4.78, 5) is 20.6. The Hall–Kier alpha value is -2.39. The Balaban J connectivity index is 0.000000437. The first kappa shape index (κ1) is 12.7. The lowest BCUT2D eigenvalue weighted by Crippen LogP contribution is -1.92. The number of aromatic nitrogens is 1. The molecule has 0 saturated carbocycles. The van der Waals surface area contributed by atoms with E-state index in [1.165, 1.54) is 0 Å². The lowest BCUT2D eigenvalue weighted by Gasteiger charge is -2.05. The highest BCUT2D eigenvalue weighted by atomic mass is 16.5. The molecule has 0 radical (unpaired) electrons. The van der Waals surface area contributed by atoms with Gasteiger partial charge in [-0.25, -0.2) is 0 Å². The van der Waals surface area contributed by atoms with Crippen molar-refractivity contribution in [1.29, 1.82) is 0 Å². The summed E-state index contributed by atoms with van der Waals surface area (Å²) in [5, 5.41) is 0.940. The number of rotatable bonds is 1. The van der Waals surface area contributed by atoms with Crippen LogP contribution < -0.4 is 10.5 Å². The quantitative estimate of drug-likeness (QED) is 0.806. The third kappa shape index (κ3) is 3.03. The largest absolute Gasteiger partial charge is 0.497 e. The van der Waals surface area contributed by atoms with Crippen LogP contribution in [0, 0.1) is 6.92 Å². The average Bonchev–Trinajstić information content (AvgIpc) is 2.29. The Morgan fingerprint density at radius 1 is 1.29 bits per heavy atom. The van der Waals surface area contributed by atoms with E-state index in [1.807, 2.05) is 31.2 Å². The lowest BCUT2D eigenvalue weighted by molar-refractivity contribution is -0.191. The van der Waals surface area contributed by atoms with Gasteiger partial charge >= 0.3 is 6.15 Å². The lowest BCUT2D eigenvalue weighted by atomic mass is 10.1. The summed E-state index contributed by atoms with van der Waals surface area (Å²) in [6, 6.07) is 7.56. The summed E-state index contributed by atoms with van der Waals surface area (Å²) in [6.07, 6.45) is 0.250. The molecule has 17 heavy (non-hydrogen) atoms. The normalized spacial score (nSPS) is 9.06. The molecule has 0 amide bonds. The summed E-state index contributed by atoms with van der Waals surface area (Å²) in [6.45, 7) is 1.93. The van der Waals surface area contributed by atoms with Crippen molar-refractivity contribution < 1.29 is 14.3 Å². The molecule has 5 nitrogen and oxygen atoms in total. The van der Waals surface area contributed by atoms with Gasteiger partial charge in [-0.15, -0.1) is 0 Å². The fourth-order valence-corrected chi connectivity index (χ4v) is 1.50. The second-order valence-electron chi connectivity index (χ2n) is 3.32. The van der Waals surface area contributed by atoms with Gasteiger partial charge in [-0.1, -0.05) is 0 Å². The predicted molar refractivity (Wildman–Crippen MR) is 62.5 cm³/mol. The topological polar surface area (TPSA) is 82.3 Å². The van der Waals surface area contributed by atoms with Crippen LogP contribution in [0.15, 0.2) is 24.3 Å². The molecular weight excluding hydrogens is 220 g/mol. The number of hydrogen-bond acceptors (Lipinski definition) is 5. The fraction of sp³-hybridized carbons (Fsp3) is 0.167. The van der Waals surface area contributed by atoms with Gasteiger partial charge in [0.2, 0.25) is 0 Å². The van der Waals surface area contributed by atoms with Crippen LogP contribution in [0.5, 0.6) is 5.75 Å². The van der Waals surface area contributed by atoms with Gasteiger partial charge in [-0.2, -0.15) is 9.59 Å². The summed E-state index contributed by atoms with van der Waals surface area (Å²) >= 11 is 0. The van der Waals surface area contributed by atoms with Crippen LogP contribution in [0.3, 0.4) is 0 Å². The second kappa shape index (κ2) is 5.63. The number of pyridine rings is 1. The van der Waals surface area contributed by atoms with Crippen LogP contribution in [0.4, 0.5) is 5.69 Å². The van der Waals surface area contributed by atoms with E-state index in [0.717, 1.165) is 28.0 Å². The van der Waals surface area contributed by atoms with Crippen molar-refractivity contribution in [2.45, 2.75) is 6.92 Å². The van der Waals surface area contributed by atoms with Crippen LogP contribution in [-0.4, -0.2) is 18.2 Å². The van der Waals surface area contributed by atoms with E-state index in [1.54, 1.807) is 7.11 Å². The molecule has 88 valence electrons.